The van der Waals surface area contributed by atoms with Crippen molar-refractivity contribution in [1.82, 2.24) is 10.2 Å². The van der Waals surface area contributed by atoms with Crippen molar-refractivity contribution in [3.05, 3.63) is 35.4 Å². The summed E-state index contributed by atoms with van der Waals surface area (Å²) in [6.45, 7) is 7.42. The Morgan fingerprint density at radius 1 is 1.39 bits per heavy atom. The van der Waals surface area contributed by atoms with E-state index in [4.69, 9.17) is 4.74 Å². The van der Waals surface area contributed by atoms with Crippen LogP contribution in [0.15, 0.2) is 24.3 Å². The molecule has 1 heterocycles. The van der Waals surface area contributed by atoms with Gasteiger partial charge in [0.15, 0.2) is 0 Å². The molecule has 0 bridgehead atoms. The fourth-order valence-electron chi connectivity index (χ4n) is 3.74. The Bertz CT molecular complexity index is 544. The molecule has 0 radical (unpaired) electrons. The molecule has 1 saturated heterocycles. The average molecular weight is 316 g/mol. The van der Waals surface area contributed by atoms with Crippen LogP contribution in [-0.2, 0) is 16.0 Å². The van der Waals surface area contributed by atoms with Gasteiger partial charge in [0.25, 0.3) is 0 Å². The number of morpholine rings is 1. The lowest BCUT2D eigenvalue weighted by Crippen LogP contribution is -2.55. The fraction of sp³-hybridized carbons (Fsp3) is 0.632. The molecule has 1 N–H and O–H groups in total. The molecule has 1 aliphatic carbocycles. The van der Waals surface area contributed by atoms with E-state index in [0.717, 1.165) is 39.0 Å². The van der Waals surface area contributed by atoms with Crippen molar-refractivity contribution in [3.63, 3.8) is 0 Å². The molecule has 0 unspecified atom stereocenters. The second-order valence-corrected chi connectivity index (χ2v) is 7.13. The van der Waals surface area contributed by atoms with Crippen LogP contribution in [0.4, 0.5) is 0 Å². The van der Waals surface area contributed by atoms with E-state index >= 15 is 0 Å². The van der Waals surface area contributed by atoms with Gasteiger partial charge in [-0.25, -0.2) is 0 Å². The van der Waals surface area contributed by atoms with Crippen LogP contribution in [0.2, 0.25) is 0 Å². The van der Waals surface area contributed by atoms with Gasteiger partial charge in [-0.15, -0.1) is 0 Å². The van der Waals surface area contributed by atoms with Crippen molar-refractivity contribution in [3.8, 4) is 0 Å². The molecule has 3 rings (SSSR count). The molecule has 0 saturated carbocycles. The third-order valence-electron chi connectivity index (χ3n) is 4.83. The molecule has 0 spiro atoms. The summed E-state index contributed by atoms with van der Waals surface area (Å²) in [7, 11) is 0. The lowest BCUT2D eigenvalue weighted by atomic mass is 9.87. The summed E-state index contributed by atoms with van der Waals surface area (Å²) in [4.78, 5) is 15.1. The topological polar surface area (TPSA) is 41.6 Å². The highest BCUT2D eigenvalue weighted by Crippen LogP contribution is 2.29. The molecule has 1 aliphatic heterocycles. The molecule has 4 heteroatoms. The summed E-state index contributed by atoms with van der Waals surface area (Å²) in [5.74, 6) is 0.672. The molecule has 2 atom stereocenters. The van der Waals surface area contributed by atoms with Gasteiger partial charge in [0, 0.05) is 13.1 Å². The summed E-state index contributed by atoms with van der Waals surface area (Å²) in [6, 6.07) is 8.49. The van der Waals surface area contributed by atoms with Gasteiger partial charge in [0.1, 0.15) is 6.04 Å². The molecular weight excluding hydrogens is 288 g/mol. The molecule has 1 amide bonds. The second kappa shape index (κ2) is 7.45. The maximum atomic E-state index is 12.8. The molecule has 1 aromatic carbocycles. The Labute approximate surface area is 139 Å². The number of benzene rings is 1. The van der Waals surface area contributed by atoms with E-state index in [0.29, 0.717) is 12.5 Å². The van der Waals surface area contributed by atoms with Gasteiger partial charge in [-0.3, -0.25) is 9.69 Å². The van der Waals surface area contributed by atoms with E-state index in [2.05, 4.69) is 48.3 Å². The third-order valence-corrected chi connectivity index (χ3v) is 4.83. The van der Waals surface area contributed by atoms with Crippen molar-refractivity contribution in [2.75, 3.05) is 26.3 Å². The van der Waals surface area contributed by atoms with Crippen LogP contribution in [-0.4, -0.2) is 43.2 Å². The summed E-state index contributed by atoms with van der Waals surface area (Å²) in [5, 5.41) is 3.29. The number of aryl methyl sites for hydroxylation is 1. The summed E-state index contributed by atoms with van der Waals surface area (Å²) in [6.07, 6.45) is 3.29. The van der Waals surface area contributed by atoms with E-state index in [1.807, 2.05) is 0 Å². The van der Waals surface area contributed by atoms with Crippen LogP contribution >= 0.6 is 0 Å². The number of carbonyl (C=O) groups excluding carboxylic acids is 1. The highest BCUT2D eigenvalue weighted by atomic mass is 16.5. The van der Waals surface area contributed by atoms with Gasteiger partial charge in [-0.2, -0.15) is 0 Å². The molecule has 126 valence electrons. The van der Waals surface area contributed by atoms with Crippen molar-refractivity contribution in [2.24, 2.45) is 5.92 Å². The number of carbonyl (C=O) groups is 1. The molecule has 4 nitrogen and oxygen atoms in total. The number of hydrogen-bond acceptors (Lipinski definition) is 3. The SMILES string of the molecule is CC(C)CN1CCOC[C@@H]1C(=O)N[C@@H]1CCCc2ccccc21. The van der Waals surface area contributed by atoms with Gasteiger partial charge < -0.3 is 10.1 Å². The van der Waals surface area contributed by atoms with Crippen LogP contribution in [0.3, 0.4) is 0 Å². The van der Waals surface area contributed by atoms with E-state index in [1.165, 1.54) is 11.1 Å². The van der Waals surface area contributed by atoms with Crippen LogP contribution in [0.5, 0.6) is 0 Å². The Hall–Kier alpha value is -1.39. The average Bonchev–Trinajstić information content (AvgIpc) is 2.55. The van der Waals surface area contributed by atoms with Gasteiger partial charge in [0.2, 0.25) is 5.91 Å². The summed E-state index contributed by atoms with van der Waals surface area (Å²) < 4.78 is 5.57. The number of ether oxygens (including phenoxy) is 1. The van der Waals surface area contributed by atoms with E-state index in [-0.39, 0.29) is 18.0 Å². The lowest BCUT2D eigenvalue weighted by molar-refractivity contribution is -0.133. The van der Waals surface area contributed by atoms with Gasteiger partial charge >= 0.3 is 0 Å². The zero-order valence-electron chi connectivity index (χ0n) is 14.3. The highest BCUT2D eigenvalue weighted by Gasteiger charge is 2.32. The fourth-order valence-corrected chi connectivity index (χ4v) is 3.74. The minimum absolute atomic E-state index is 0.118. The van der Waals surface area contributed by atoms with E-state index < -0.39 is 0 Å². The first-order chi connectivity index (χ1) is 11.1. The predicted molar refractivity (Wildman–Crippen MR) is 91.3 cm³/mol. The van der Waals surface area contributed by atoms with Gasteiger partial charge in [-0.1, -0.05) is 38.1 Å². The number of nitrogens with zero attached hydrogens (tertiary/aromatic N) is 1. The number of hydrogen-bond donors (Lipinski definition) is 1. The van der Waals surface area contributed by atoms with Crippen molar-refractivity contribution in [1.29, 1.82) is 0 Å². The number of nitrogens with one attached hydrogen (secondary N) is 1. The zero-order valence-corrected chi connectivity index (χ0v) is 14.3. The zero-order chi connectivity index (χ0) is 16.2. The van der Waals surface area contributed by atoms with Gasteiger partial charge in [-0.05, 0) is 36.3 Å². The molecule has 0 aromatic heterocycles. The minimum atomic E-state index is -0.153. The van der Waals surface area contributed by atoms with Crippen molar-refractivity contribution < 1.29 is 9.53 Å². The van der Waals surface area contributed by atoms with E-state index in [1.54, 1.807) is 0 Å². The first-order valence-corrected chi connectivity index (χ1v) is 8.85. The maximum Gasteiger partial charge on any atom is 0.240 e. The summed E-state index contributed by atoms with van der Waals surface area (Å²) >= 11 is 0. The monoisotopic (exact) mass is 316 g/mol. The van der Waals surface area contributed by atoms with Crippen LogP contribution in [0, 0.1) is 5.92 Å². The number of rotatable bonds is 4. The van der Waals surface area contributed by atoms with E-state index in [9.17, 15) is 4.79 Å². The Morgan fingerprint density at radius 2 is 2.22 bits per heavy atom. The standard InChI is InChI=1S/C19H28N2O2/c1-14(2)12-21-10-11-23-13-18(21)19(22)20-17-9-5-7-15-6-3-4-8-16(15)17/h3-4,6,8,14,17-18H,5,7,9-13H2,1-2H3,(H,20,22)/t17-,18-/m1/s1. The predicted octanol–water partition coefficient (Wildman–Crippen LogP) is 2.54. The smallest absolute Gasteiger partial charge is 0.240 e. The lowest BCUT2D eigenvalue weighted by Gasteiger charge is -2.37. The molecule has 1 fully saturated rings. The number of fused-ring (bicyclic) bond motifs is 1. The minimum Gasteiger partial charge on any atom is -0.378 e. The second-order valence-electron chi connectivity index (χ2n) is 7.13. The molecule has 23 heavy (non-hydrogen) atoms. The molecule has 2 aliphatic rings. The molecular formula is C19H28N2O2. The van der Waals surface area contributed by atoms with Gasteiger partial charge in [0.05, 0.1) is 19.3 Å². The molecule has 1 aromatic rings. The van der Waals surface area contributed by atoms with Crippen molar-refractivity contribution >= 4 is 5.91 Å². The maximum absolute atomic E-state index is 12.8. The van der Waals surface area contributed by atoms with Crippen molar-refractivity contribution in [2.45, 2.75) is 45.2 Å². The highest BCUT2D eigenvalue weighted by molar-refractivity contribution is 5.82. The Kier molecular flexibility index (Phi) is 5.34. The van der Waals surface area contributed by atoms with Crippen LogP contribution in [0.1, 0.15) is 43.9 Å². The number of amides is 1. The first-order valence-electron chi connectivity index (χ1n) is 8.85. The van der Waals surface area contributed by atoms with Crippen LogP contribution < -0.4 is 5.32 Å². The first kappa shape index (κ1) is 16.5. The Balaban J connectivity index is 1.69. The van der Waals surface area contributed by atoms with Crippen LogP contribution in [0.25, 0.3) is 0 Å². The largest absolute Gasteiger partial charge is 0.378 e. The quantitative estimate of drug-likeness (QED) is 0.928. The summed E-state index contributed by atoms with van der Waals surface area (Å²) in [5.41, 5.74) is 2.67. The third kappa shape index (κ3) is 3.93. The normalized spacial score (nSPS) is 25.2. The Morgan fingerprint density at radius 3 is 3.04 bits per heavy atom.